The van der Waals surface area contributed by atoms with Gasteiger partial charge in [0.1, 0.15) is 13.2 Å². The Morgan fingerprint density at radius 1 is 0.423 bits per heavy atom. The number of allylic oxidation sites excluding steroid dienone is 4. The Morgan fingerprint density at radius 2 is 0.750 bits per heavy atom. The van der Waals surface area contributed by atoms with Crippen molar-refractivity contribution in [2.45, 2.75) is 200 Å². The second-order valence-corrected chi connectivity index (χ2v) is 15.0. The third kappa shape index (κ3) is 37.6. The van der Waals surface area contributed by atoms with E-state index in [1.165, 1.54) is 116 Å². The summed E-state index contributed by atoms with van der Waals surface area (Å²) in [7, 11) is 3.87. The van der Waals surface area contributed by atoms with Gasteiger partial charge in [0, 0.05) is 25.8 Å². The van der Waals surface area contributed by atoms with Crippen molar-refractivity contribution < 1.29 is 23.9 Å². The molecule has 0 spiro atoms. The first-order valence-corrected chi connectivity index (χ1v) is 21.9. The normalized spacial score (nSPS) is 11.6. The Kier molecular flexibility index (Phi) is 38.4. The molecular formula is C45H84N2O5. The second-order valence-electron chi connectivity index (χ2n) is 15.0. The van der Waals surface area contributed by atoms with E-state index in [9.17, 15) is 14.4 Å². The highest BCUT2D eigenvalue weighted by Gasteiger charge is 2.15. The monoisotopic (exact) mass is 733 g/mol. The molecule has 1 amide bonds. The molecule has 0 aliphatic carbocycles. The molecule has 304 valence electrons. The molecule has 0 radical (unpaired) electrons. The van der Waals surface area contributed by atoms with Crippen LogP contribution in [0.25, 0.3) is 0 Å². The number of esters is 2. The average molecular weight is 733 g/mol. The van der Waals surface area contributed by atoms with Gasteiger partial charge in [-0.25, -0.2) is 0 Å². The Hall–Kier alpha value is -2.15. The minimum Gasteiger partial charge on any atom is -0.464 e. The van der Waals surface area contributed by atoms with E-state index in [4.69, 9.17) is 9.47 Å². The first-order chi connectivity index (χ1) is 25.4. The lowest BCUT2D eigenvalue weighted by molar-refractivity contribution is -0.147. The van der Waals surface area contributed by atoms with Crippen LogP contribution in [0.2, 0.25) is 0 Å². The van der Waals surface area contributed by atoms with E-state index in [2.05, 4.69) is 38.2 Å². The molecule has 0 aliphatic heterocycles. The van der Waals surface area contributed by atoms with Crippen LogP contribution in [0, 0.1) is 0 Å². The first-order valence-electron chi connectivity index (χ1n) is 21.9. The largest absolute Gasteiger partial charge is 0.464 e. The summed E-state index contributed by atoms with van der Waals surface area (Å²) in [5, 5.41) is 0. The Labute approximate surface area is 322 Å². The van der Waals surface area contributed by atoms with Crippen molar-refractivity contribution in [3.05, 3.63) is 24.3 Å². The fourth-order valence-electron chi connectivity index (χ4n) is 6.20. The molecule has 52 heavy (non-hydrogen) atoms. The zero-order chi connectivity index (χ0) is 38.2. The van der Waals surface area contributed by atoms with Crippen LogP contribution in [0.1, 0.15) is 200 Å². The number of hydrogen-bond donors (Lipinski definition) is 0. The van der Waals surface area contributed by atoms with Crippen LogP contribution < -0.4 is 0 Å². The van der Waals surface area contributed by atoms with Gasteiger partial charge in [0.2, 0.25) is 5.91 Å². The molecule has 0 aromatic carbocycles. The van der Waals surface area contributed by atoms with Crippen molar-refractivity contribution in [1.29, 1.82) is 0 Å². The van der Waals surface area contributed by atoms with Crippen LogP contribution in [0.3, 0.4) is 0 Å². The van der Waals surface area contributed by atoms with Crippen molar-refractivity contribution in [1.82, 2.24) is 9.80 Å². The molecular weight excluding hydrogens is 649 g/mol. The molecule has 0 N–H and O–H groups in total. The number of amides is 1. The minimum absolute atomic E-state index is 0.0182. The van der Waals surface area contributed by atoms with Gasteiger partial charge in [0.15, 0.2) is 0 Å². The molecule has 0 rings (SSSR count). The van der Waals surface area contributed by atoms with Gasteiger partial charge in [-0.1, -0.05) is 141 Å². The number of rotatable bonds is 39. The van der Waals surface area contributed by atoms with Crippen molar-refractivity contribution in [3.63, 3.8) is 0 Å². The van der Waals surface area contributed by atoms with Crippen LogP contribution in [0.4, 0.5) is 0 Å². The van der Waals surface area contributed by atoms with Crippen LogP contribution in [0.15, 0.2) is 24.3 Å². The topological polar surface area (TPSA) is 76.1 Å². The molecule has 7 nitrogen and oxygen atoms in total. The third-order valence-corrected chi connectivity index (χ3v) is 9.66. The summed E-state index contributed by atoms with van der Waals surface area (Å²) >= 11 is 0. The predicted molar refractivity (Wildman–Crippen MR) is 221 cm³/mol. The first kappa shape index (κ1) is 49.9. The number of hydrogen-bond acceptors (Lipinski definition) is 6. The quantitative estimate of drug-likeness (QED) is 0.0356. The van der Waals surface area contributed by atoms with Gasteiger partial charge < -0.3 is 19.3 Å². The van der Waals surface area contributed by atoms with Gasteiger partial charge in [-0.3, -0.25) is 14.4 Å². The number of nitrogens with zero attached hydrogens (tertiary/aromatic N) is 2. The fourth-order valence-corrected chi connectivity index (χ4v) is 6.20. The summed E-state index contributed by atoms with van der Waals surface area (Å²) in [5.41, 5.74) is 0. The molecule has 0 heterocycles. The van der Waals surface area contributed by atoms with Crippen molar-refractivity contribution in [3.8, 4) is 0 Å². The lowest BCUT2D eigenvalue weighted by atomic mass is 10.1. The molecule has 0 aliphatic rings. The van der Waals surface area contributed by atoms with E-state index in [1.54, 1.807) is 4.90 Å². The van der Waals surface area contributed by atoms with Gasteiger partial charge in [0.05, 0.1) is 13.1 Å². The molecule has 0 bridgehead atoms. The maximum atomic E-state index is 12.9. The van der Waals surface area contributed by atoms with Crippen LogP contribution in [-0.4, -0.2) is 74.6 Å². The lowest BCUT2D eigenvalue weighted by Gasteiger charge is -2.23. The number of unbranched alkanes of at least 4 members (excludes halogenated alkanes) is 22. The van der Waals surface area contributed by atoms with E-state index in [0.717, 1.165) is 51.4 Å². The van der Waals surface area contributed by atoms with E-state index in [1.807, 2.05) is 19.0 Å². The van der Waals surface area contributed by atoms with Crippen molar-refractivity contribution >= 4 is 17.8 Å². The zero-order valence-electron chi connectivity index (χ0n) is 34.8. The smallest absolute Gasteiger partial charge is 0.305 e. The summed E-state index contributed by atoms with van der Waals surface area (Å²) in [5.74, 6) is -0.426. The van der Waals surface area contributed by atoms with E-state index in [0.29, 0.717) is 38.9 Å². The molecule has 0 saturated heterocycles. The molecule has 0 fully saturated rings. The summed E-state index contributed by atoms with van der Waals surface area (Å²) in [4.78, 5) is 41.1. The summed E-state index contributed by atoms with van der Waals surface area (Å²) in [6.45, 7) is 6.13. The van der Waals surface area contributed by atoms with Crippen LogP contribution in [0.5, 0.6) is 0 Å². The maximum absolute atomic E-state index is 12.9. The van der Waals surface area contributed by atoms with Gasteiger partial charge >= 0.3 is 11.9 Å². The van der Waals surface area contributed by atoms with Gasteiger partial charge in [0.25, 0.3) is 0 Å². The molecule has 0 unspecified atom stereocenters. The van der Waals surface area contributed by atoms with Gasteiger partial charge in [-0.2, -0.15) is 0 Å². The lowest BCUT2D eigenvalue weighted by Crippen LogP contribution is -2.38. The average Bonchev–Trinajstić information content (AvgIpc) is 3.13. The van der Waals surface area contributed by atoms with E-state index < -0.39 is 0 Å². The highest BCUT2D eigenvalue weighted by molar-refractivity contribution is 5.76. The summed E-state index contributed by atoms with van der Waals surface area (Å²) in [6.07, 6.45) is 42.4. The second kappa shape index (κ2) is 40.0. The third-order valence-electron chi connectivity index (χ3n) is 9.66. The fraction of sp³-hybridized carbons (Fsp3) is 0.844. The maximum Gasteiger partial charge on any atom is 0.305 e. The molecule has 7 heteroatoms. The van der Waals surface area contributed by atoms with Gasteiger partial charge in [-0.05, 0) is 78.3 Å². The standard InChI is InChI=1S/C45H84N2O5/c1-5-7-9-11-13-15-17-19-21-23-25-27-29-31-33-35-44(49)51-41-39-47(43(48)37-38-46(3)4)40-42-52-45(50)36-34-32-30-28-26-24-22-20-18-16-14-12-10-8-6-2/h19-22H,5-18,23-42H2,1-4H3. The highest BCUT2D eigenvalue weighted by atomic mass is 16.5. The summed E-state index contributed by atoms with van der Waals surface area (Å²) in [6, 6.07) is 0. The molecule has 0 saturated carbocycles. The van der Waals surface area contributed by atoms with E-state index >= 15 is 0 Å². The SMILES string of the molecule is CCCCCCCCC=CCCCCCCCC(=O)OCCN(CCOC(=O)CCCCCCCC=CCCCCCCCC)C(=O)CCN(C)C. The predicted octanol–water partition coefficient (Wildman–Crippen LogP) is 11.9. The Morgan fingerprint density at radius 3 is 1.10 bits per heavy atom. The van der Waals surface area contributed by atoms with Gasteiger partial charge in [-0.15, -0.1) is 0 Å². The van der Waals surface area contributed by atoms with Crippen LogP contribution in [-0.2, 0) is 23.9 Å². The van der Waals surface area contributed by atoms with Crippen molar-refractivity contribution in [2.24, 2.45) is 0 Å². The number of carbonyl (C=O) groups is 3. The summed E-state index contributed by atoms with van der Waals surface area (Å²) < 4.78 is 10.9. The Balaban J connectivity index is 3.99. The molecule has 0 aromatic rings. The van der Waals surface area contributed by atoms with Crippen LogP contribution >= 0.6 is 0 Å². The van der Waals surface area contributed by atoms with Crippen molar-refractivity contribution in [2.75, 3.05) is 46.9 Å². The molecule has 0 atom stereocenters. The highest BCUT2D eigenvalue weighted by Crippen LogP contribution is 2.12. The number of carbonyl (C=O) groups excluding carboxylic acids is 3. The molecule has 0 aromatic heterocycles. The number of ether oxygens (including phenoxy) is 2. The zero-order valence-corrected chi connectivity index (χ0v) is 34.8. The van der Waals surface area contributed by atoms with E-state index in [-0.39, 0.29) is 31.1 Å². The Bertz CT molecular complexity index is 814. The minimum atomic E-state index is -0.204.